The second-order valence-corrected chi connectivity index (χ2v) is 7.07. The molecule has 21 heavy (non-hydrogen) atoms. The van der Waals surface area contributed by atoms with E-state index in [-0.39, 0.29) is 5.91 Å². The van der Waals surface area contributed by atoms with Crippen molar-refractivity contribution < 1.29 is 4.79 Å². The van der Waals surface area contributed by atoms with E-state index in [1.165, 1.54) is 34.2 Å². The first-order valence-corrected chi connectivity index (χ1v) is 8.26. The fourth-order valence-corrected chi connectivity index (χ4v) is 3.26. The molecule has 1 aromatic carbocycles. The van der Waals surface area contributed by atoms with Crippen molar-refractivity contribution in [2.24, 2.45) is 0 Å². The number of anilines is 2. The number of hydrogen-bond acceptors (Lipinski definition) is 6. The van der Waals surface area contributed by atoms with Gasteiger partial charge in [0.2, 0.25) is 11.0 Å². The predicted molar refractivity (Wildman–Crippen MR) is 88.5 cm³/mol. The van der Waals surface area contributed by atoms with E-state index in [2.05, 4.69) is 41.5 Å². The fraction of sp³-hybridized carbons (Fsp3) is 0.357. The van der Waals surface area contributed by atoms with E-state index in [1.807, 2.05) is 6.07 Å². The molecule has 0 fully saturated rings. The molecule has 0 aliphatic carbocycles. The van der Waals surface area contributed by atoms with Gasteiger partial charge in [-0.2, -0.15) is 0 Å². The van der Waals surface area contributed by atoms with Crippen molar-refractivity contribution in [3.05, 3.63) is 29.3 Å². The largest absolute Gasteiger partial charge is 0.348 e. The Morgan fingerprint density at radius 1 is 1.29 bits per heavy atom. The van der Waals surface area contributed by atoms with Gasteiger partial charge in [0.05, 0.1) is 5.75 Å². The molecule has 0 unspecified atom stereocenters. The summed E-state index contributed by atoms with van der Waals surface area (Å²) in [7, 11) is 3.49. The Morgan fingerprint density at radius 2 is 2.05 bits per heavy atom. The maximum atomic E-state index is 11.5. The molecule has 0 saturated heterocycles. The molecular weight excluding hydrogens is 304 g/mol. The minimum Gasteiger partial charge on any atom is -0.348 e. The summed E-state index contributed by atoms with van der Waals surface area (Å²) in [6.45, 7) is 4.16. The first-order valence-electron chi connectivity index (χ1n) is 6.46. The van der Waals surface area contributed by atoms with Crippen LogP contribution in [-0.4, -0.2) is 40.9 Å². The molecule has 0 radical (unpaired) electrons. The highest BCUT2D eigenvalue weighted by atomic mass is 32.2. The molecule has 1 heterocycles. The minimum absolute atomic E-state index is 0.0684. The van der Waals surface area contributed by atoms with Gasteiger partial charge in [-0.3, -0.25) is 4.79 Å². The topological polar surface area (TPSA) is 58.1 Å². The molecule has 0 bridgehead atoms. The monoisotopic (exact) mass is 322 g/mol. The SMILES string of the molecule is Cc1ccc(Nc2nnc(SCC(=O)N(C)C)s2)cc1C. The number of carbonyl (C=O) groups is 1. The van der Waals surface area contributed by atoms with Crippen molar-refractivity contribution in [1.82, 2.24) is 15.1 Å². The molecule has 1 amide bonds. The van der Waals surface area contributed by atoms with E-state index in [9.17, 15) is 4.79 Å². The summed E-state index contributed by atoms with van der Waals surface area (Å²) in [4.78, 5) is 13.1. The molecule has 1 aromatic heterocycles. The second-order valence-electron chi connectivity index (χ2n) is 4.87. The lowest BCUT2D eigenvalue weighted by Crippen LogP contribution is -2.23. The van der Waals surface area contributed by atoms with Gasteiger partial charge in [0, 0.05) is 19.8 Å². The van der Waals surface area contributed by atoms with Crippen LogP contribution in [-0.2, 0) is 4.79 Å². The average molecular weight is 322 g/mol. The lowest BCUT2D eigenvalue weighted by Gasteiger charge is -2.07. The van der Waals surface area contributed by atoms with Crippen molar-refractivity contribution in [1.29, 1.82) is 0 Å². The Morgan fingerprint density at radius 3 is 2.71 bits per heavy atom. The van der Waals surface area contributed by atoms with Crippen LogP contribution in [0.1, 0.15) is 11.1 Å². The number of benzene rings is 1. The van der Waals surface area contributed by atoms with Crippen LogP contribution in [0.5, 0.6) is 0 Å². The lowest BCUT2D eigenvalue weighted by atomic mass is 10.1. The van der Waals surface area contributed by atoms with E-state index in [0.717, 1.165) is 15.2 Å². The second kappa shape index (κ2) is 6.91. The minimum atomic E-state index is 0.0684. The standard InChI is InChI=1S/C14H18N4OS2/c1-9-5-6-11(7-10(9)2)15-13-16-17-14(21-13)20-8-12(19)18(3)4/h5-7H,8H2,1-4H3,(H,15,16). The number of amides is 1. The molecule has 5 nitrogen and oxygen atoms in total. The molecule has 1 N–H and O–H groups in total. The van der Waals surface area contributed by atoms with Gasteiger partial charge in [0.1, 0.15) is 0 Å². The Labute approximate surface area is 132 Å². The molecular formula is C14H18N4OS2. The third kappa shape index (κ3) is 4.44. The zero-order chi connectivity index (χ0) is 15.4. The smallest absolute Gasteiger partial charge is 0.232 e. The van der Waals surface area contributed by atoms with Gasteiger partial charge in [0.25, 0.3) is 0 Å². The number of hydrogen-bond donors (Lipinski definition) is 1. The van der Waals surface area contributed by atoms with Gasteiger partial charge in [-0.25, -0.2) is 0 Å². The number of nitrogens with zero attached hydrogens (tertiary/aromatic N) is 3. The van der Waals surface area contributed by atoms with E-state index in [4.69, 9.17) is 0 Å². The number of nitrogens with one attached hydrogen (secondary N) is 1. The van der Waals surface area contributed by atoms with Crippen molar-refractivity contribution in [3.63, 3.8) is 0 Å². The van der Waals surface area contributed by atoms with Gasteiger partial charge in [-0.05, 0) is 37.1 Å². The highest BCUT2D eigenvalue weighted by Crippen LogP contribution is 2.28. The molecule has 7 heteroatoms. The van der Waals surface area contributed by atoms with E-state index >= 15 is 0 Å². The normalized spacial score (nSPS) is 10.5. The Balaban J connectivity index is 1.96. The number of aromatic nitrogens is 2. The first-order chi connectivity index (χ1) is 9.95. The van der Waals surface area contributed by atoms with Crippen LogP contribution < -0.4 is 5.32 Å². The summed E-state index contributed by atoms with van der Waals surface area (Å²) in [6.07, 6.45) is 0. The summed E-state index contributed by atoms with van der Waals surface area (Å²) in [5, 5.41) is 12.2. The van der Waals surface area contributed by atoms with Crippen LogP contribution in [0.4, 0.5) is 10.8 Å². The molecule has 2 rings (SSSR count). The predicted octanol–water partition coefficient (Wildman–Crippen LogP) is 3.08. The Kier molecular flexibility index (Phi) is 5.19. The first kappa shape index (κ1) is 15.8. The van der Waals surface area contributed by atoms with Crippen LogP contribution >= 0.6 is 23.1 Å². The summed E-state index contributed by atoms with van der Waals surface area (Å²) >= 11 is 2.86. The highest BCUT2D eigenvalue weighted by molar-refractivity contribution is 8.01. The third-order valence-electron chi connectivity index (χ3n) is 2.98. The average Bonchev–Trinajstić information content (AvgIpc) is 2.87. The molecule has 0 saturated carbocycles. The maximum Gasteiger partial charge on any atom is 0.232 e. The van der Waals surface area contributed by atoms with Gasteiger partial charge in [-0.15, -0.1) is 10.2 Å². The van der Waals surface area contributed by atoms with Crippen LogP contribution in [0.2, 0.25) is 0 Å². The number of aryl methyl sites for hydroxylation is 2. The van der Waals surface area contributed by atoms with Crippen LogP contribution in [0.25, 0.3) is 0 Å². The van der Waals surface area contributed by atoms with Crippen LogP contribution in [0.3, 0.4) is 0 Å². The summed E-state index contributed by atoms with van der Waals surface area (Å²) in [5.41, 5.74) is 3.49. The maximum absolute atomic E-state index is 11.5. The molecule has 2 aromatic rings. The summed E-state index contributed by atoms with van der Waals surface area (Å²) < 4.78 is 0.788. The quantitative estimate of drug-likeness (QED) is 0.857. The van der Waals surface area contributed by atoms with Gasteiger partial charge >= 0.3 is 0 Å². The third-order valence-corrected chi connectivity index (χ3v) is 4.94. The zero-order valence-electron chi connectivity index (χ0n) is 12.5. The van der Waals surface area contributed by atoms with E-state index in [0.29, 0.717) is 5.75 Å². The van der Waals surface area contributed by atoms with Crippen LogP contribution in [0, 0.1) is 13.8 Å². The molecule has 112 valence electrons. The number of carbonyl (C=O) groups excluding carboxylic acids is 1. The van der Waals surface area contributed by atoms with Gasteiger partial charge < -0.3 is 10.2 Å². The highest BCUT2D eigenvalue weighted by Gasteiger charge is 2.09. The zero-order valence-corrected chi connectivity index (χ0v) is 14.1. The molecule has 0 aliphatic rings. The lowest BCUT2D eigenvalue weighted by molar-refractivity contribution is -0.125. The van der Waals surface area contributed by atoms with Crippen molar-refractivity contribution in [2.75, 3.05) is 25.2 Å². The Hall–Kier alpha value is -1.60. The summed E-state index contributed by atoms with van der Waals surface area (Å²) in [5.74, 6) is 0.449. The molecule has 0 spiro atoms. The molecule has 0 atom stereocenters. The van der Waals surface area contributed by atoms with Crippen molar-refractivity contribution in [3.8, 4) is 0 Å². The van der Waals surface area contributed by atoms with Crippen molar-refractivity contribution >= 4 is 39.8 Å². The Bertz CT molecular complexity index is 640. The number of rotatable bonds is 5. The van der Waals surface area contributed by atoms with E-state index < -0.39 is 0 Å². The van der Waals surface area contributed by atoms with E-state index in [1.54, 1.807) is 19.0 Å². The molecule has 0 aliphatic heterocycles. The summed E-state index contributed by atoms with van der Waals surface area (Å²) in [6, 6.07) is 6.18. The number of thioether (sulfide) groups is 1. The van der Waals surface area contributed by atoms with Gasteiger partial charge in [0.15, 0.2) is 4.34 Å². The van der Waals surface area contributed by atoms with Crippen molar-refractivity contribution in [2.45, 2.75) is 18.2 Å². The van der Waals surface area contributed by atoms with Gasteiger partial charge in [-0.1, -0.05) is 29.2 Å². The fourth-order valence-electron chi connectivity index (χ4n) is 1.51. The van der Waals surface area contributed by atoms with Crippen LogP contribution in [0.15, 0.2) is 22.5 Å².